The van der Waals surface area contributed by atoms with Gasteiger partial charge in [0, 0.05) is 9.17 Å². The number of thiophene rings is 1. The Hall–Kier alpha value is -1.91. The van der Waals surface area contributed by atoms with E-state index in [1.807, 2.05) is 17.5 Å². The van der Waals surface area contributed by atoms with Gasteiger partial charge in [-0.1, -0.05) is 40.2 Å². The van der Waals surface area contributed by atoms with Crippen molar-refractivity contribution in [3.8, 4) is 10.6 Å². The number of allylic oxidation sites excluding steroid dienone is 2. The van der Waals surface area contributed by atoms with E-state index in [1.54, 1.807) is 0 Å². The van der Waals surface area contributed by atoms with Crippen LogP contribution in [0.5, 0.6) is 0 Å². The summed E-state index contributed by atoms with van der Waals surface area (Å²) in [5, 5.41) is 3.89. The van der Waals surface area contributed by atoms with Gasteiger partial charge >= 0.3 is 0 Å². The highest BCUT2D eigenvalue weighted by atomic mass is 79.9. The van der Waals surface area contributed by atoms with Crippen molar-refractivity contribution in [2.24, 2.45) is 11.8 Å². The van der Waals surface area contributed by atoms with Gasteiger partial charge in [-0.05, 0) is 71.0 Å². The number of imidazole rings is 1. The van der Waals surface area contributed by atoms with Gasteiger partial charge in [-0.2, -0.15) is 0 Å². The van der Waals surface area contributed by atoms with Gasteiger partial charge in [-0.15, -0.1) is 11.3 Å². The predicted molar refractivity (Wildman–Crippen MR) is 113 cm³/mol. The summed E-state index contributed by atoms with van der Waals surface area (Å²) in [6.07, 6.45) is 8.48. The molecule has 2 aliphatic carbocycles. The number of rotatable bonds is 2. The molecule has 1 N–H and O–H groups in total. The number of halogens is 1. The highest BCUT2D eigenvalue weighted by Crippen LogP contribution is 2.47. The van der Waals surface area contributed by atoms with Crippen LogP contribution in [0.25, 0.3) is 37.0 Å². The molecule has 2 aromatic heterocycles. The molecule has 1 fully saturated rings. The minimum atomic E-state index is 0.726. The molecule has 4 heteroatoms. The van der Waals surface area contributed by atoms with Crippen LogP contribution >= 0.6 is 27.3 Å². The Balaban J connectivity index is 1.45. The monoisotopic (exact) mass is 420 g/mol. The van der Waals surface area contributed by atoms with Gasteiger partial charge in [0.2, 0.25) is 0 Å². The Bertz CT molecular complexity index is 1200. The van der Waals surface area contributed by atoms with E-state index in [4.69, 9.17) is 4.98 Å². The van der Waals surface area contributed by atoms with Crippen LogP contribution in [0.3, 0.4) is 0 Å². The molecule has 0 radical (unpaired) electrons. The van der Waals surface area contributed by atoms with E-state index in [2.05, 4.69) is 63.4 Å². The number of hydrogen-bond donors (Lipinski definition) is 1. The number of nitrogens with one attached hydrogen (secondary N) is 1. The molecule has 2 heterocycles. The fourth-order valence-electron chi connectivity index (χ4n) is 4.64. The third-order valence-electron chi connectivity index (χ3n) is 5.90. The zero-order valence-electron chi connectivity index (χ0n) is 14.1. The van der Waals surface area contributed by atoms with Gasteiger partial charge in [-0.25, -0.2) is 4.98 Å². The van der Waals surface area contributed by atoms with Crippen molar-refractivity contribution < 1.29 is 0 Å². The number of aromatic nitrogens is 2. The summed E-state index contributed by atoms with van der Waals surface area (Å²) in [6.45, 7) is 0. The van der Waals surface area contributed by atoms with Gasteiger partial charge < -0.3 is 4.98 Å². The van der Waals surface area contributed by atoms with Gasteiger partial charge in [0.05, 0.1) is 16.8 Å². The number of benzene rings is 2. The quantitative estimate of drug-likeness (QED) is 0.370. The minimum Gasteiger partial charge on any atom is -0.338 e. The second-order valence-corrected chi connectivity index (χ2v) is 9.47. The van der Waals surface area contributed by atoms with Crippen LogP contribution in [0.4, 0.5) is 0 Å². The maximum atomic E-state index is 4.71. The lowest BCUT2D eigenvalue weighted by Crippen LogP contribution is -1.98. The van der Waals surface area contributed by atoms with E-state index >= 15 is 0 Å². The Morgan fingerprint density at radius 1 is 1.08 bits per heavy atom. The van der Waals surface area contributed by atoms with Crippen molar-refractivity contribution in [1.82, 2.24) is 9.97 Å². The maximum Gasteiger partial charge on any atom is 0.133 e. The molecule has 2 aliphatic rings. The van der Waals surface area contributed by atoms with Crippen LogP contribution in [-0.2, 0) is 0 Å². The van der Waals surface area contributed by atoms with E-state index < -0.39 is 0 Å². The van der Waals surface area contributed by atoms with E-state index in [0.29, 0.717) is 0 Å². The zero-order valence-corrected chi connectivity index (χ0v) is 16.5. The molecule has 128 valence electrons. The lowest BCUT2D eigenvalue weighted by atomic mass is 9.98. The summed E-state index contributed by atoms with van der Waals surface area (Å²) in [5.74, 6) is 2.60. The molecular formula is C22H17BrN2S. The number of nitrogens with zero attached hydrogens (tertiary/aromatic N) is 1. The van der Waals surface area contributed by atoms with Crippen LogP contribution in [-0.4, -0.2) is 9.97 Å². The van der Waals surface area contributed by atoms with Crippen molar-refractivity contribution in [3.05, 3.63) is 59.0 Å². The summed E-state index contributed by atoms with van der Waals surface area (Å²) < 4.78 is 2.47. The molecule has 1 saturated carbocycles. The summed E-state index contributed by atoms with van der Waals surface area (Å²) in [7, 11) is 0. The largest absolute Gasteiger partial charge is 0.338 e. The average molecular weight is 421 g/mol. The minimum absolute atomic E-state index is 0.726. The number of hydrogen-bond acceptors (Lipinski definition) is 2. The van der Waals surface area contributed by atoms with Gasteiger partial charge in [0.1, 0.15) is 5.82 Å². The predicted octanol–water partition coefficient (Wildman–Crippen LogP) is 7.02. The van der Waals surface area contributed by atoms with Crippen LogP contribution in [0.2, 0.25) is 0 Å². The number of fused-ring (bicyclic) bond motifs is 5. The Morgan fingerprint density at radius 3 is 2.85 bits per heavy atom. The van der Waals surface area contributed by atoms with E-state index in [9.17, 15) is 0 Å². The fourth-order valence-corrected chi connectivity index (χ4v) is 6.17. The first-order chi connectivity index (χ1) is 12.7. The lowest BCUT2D eigenvalue weighted by Gasteiger charge is -2.10. The summed E-state index contributed by atoms with van der Waals surface area (Å²) in [4.78, 5) is 9.57. The molecule has 0 aliphatic heterocycles. The van der Waals surface area contributed by atoms with Crippen molar-refractivity contribution in [3.63, 3.8) is 0 Å². The fraction of sp³-hybridized carbons (Fsp3) is 0.227. The second kappa shape index (κ2) is 5.54. The summed E-state index contributed by atoms with van der Waals surface area (Å²) in [5.41, 5.74) is 2.58. The highest BCUT2D eigenvalue weighted by molar-refractivity contribution is 9.10. The normalized spacial score (nSPS) is 21.8. The molecule has 0 unspecified atom stereocenters. The first-order valence-electron chi connectivity index (χ1n) is 9.14. The third-order valence-corrected chi connectivity index (χ3v) is 7.62. The molecule has 0 amide bonds. The lowest BCUT2D eigenvalue weighted by molar-refractivity contribution is 0.694. The Morgan fingerprint density at radius 2 is 2.00 bits per heavy atom. The molecule has 26 heavy (non-hydrogen) atoms. The van der Waals surface area contributed by atoms with E-state index in [-0.39, 0.29) is 0 Å². The van der Waals surface area contributed by atoms with Crippen molar-refractivity contribution in [2.75, 3.05) is 0 Å². The van der Waals surface area contributed by atoms with Crippen LogP contribution in [0.1, 0.15) is 25.1 Å². The van der Waals surface area contributed by atoms with Crippen molar-refractivity contribution in [1.29, 1.82) is 0 Å². The molecule has 2 aromatic carbocycles. The molecule has 2 nitrogen and oxygen atoms in total. The topological polar surface area (TPSA) is 28.7 Å². The van der Waals surface area contributed by atoms with Gasteiger partial charge in [0.15, 0.2) is 0 Å². The van der Waals surface area contributed by atoms with Gasteiger partial charge in [-0.3, -0.25) is 0 Å². The smallest absolute Gasteiger partial charge is 0.133 e. The molecule has 4 aromatic rings. The highest BCUT2D eigenvalue weighted by Gasteiger charge is 2.34. The summed E-state index contributed by atoms with van der Waals surface area (Å²) in [6, 6.07) is 13.2. The maximum absolute atomic E-state index is 4.71. The van der Waals surface area contributed by atoms with Crippen LogP contribution in [0.15, 0.2) is 53.1 Å². The van der Waals surface area contributed by atoms with Gasteiger partial charge in [0.25, 0.3) is 0 Å². The molecule has 2 bridgehead atoms. The Kier molecular flexibility index (Phi) is 3.24. The Labute approximate surface area is 164 Å². The van der Waals surface area contributed by atoms with E-state index in [1.165, 1.54) is 50.6 Å². The first-order valence-corrected chi connectivity index (χ1v) is 10.7. The molecule has 2 atom stereocenters. The van der Waals surface area contributed by atoms with Crippen molar-refractivity contribution in [2.45, 2.75) is 19.3 Å². The van der Waals surface area contributed by atoms with Crippen LogP contribution < -0.4 is 0 Å². The third kappa shape index (κ3) is 2.25. The molecular weight excluding hydrogens is 404 g/mol. The average Bonchev–Trinajstić information content (AvgIpc) is 3.42. The standard InChI is InChI=1S/C22H17BrN2S/c23-16-5-6-17-14(9-16)3-4-15-10-20(26-21(15)17)19-11-24-22(25-19)18-8-12-1-2-13(18)7-12/h3-6,8-13H,1-2,7H2,(H,24,25)/t12-,13+/m1/s1. The summed E-state index contributed by atoms with van der Waals surface area (Å²) >= 11 is 5.42. The molecule has 0 spiro atoms. The molecule has 0 saturated heterocycles. The first kappa shape index (κ1) is 15.2. The second-order valence-electron chi connectivity index (χ2n) is 7.50. The SMILES string of the molecule is Brc1ccc2c(ccc3cc(-c4cnc(C5=C[C@@H]6CC[C@H]5C6)[nH]4)sc32)c1. The molecule has 6 rings (SSSR count). The van der Waals surface area contributed by atoms with E-state index in [0.717, 1.165) is 27.8 Å². The number of aromatic amines is 1. The number of H-pyrrole nitrogens is 1. The van der Waals surface area contributed by atoms with Crippen molar-refractivity contribution >= 4 is 53.7 Å². The van der Waals surface area contributed by atoms with Crippen LogP contribution in [0, 0.1) is 11.8 Å². The zero-order chi connectivity index (χ0) is 17.3.